The number of ether oxygens (including phenoxy) is 1. The Morgan fingerprint density at radius 3 is 2.42 bits per heavy atom. The van der Waals surface area contributed by atoms with Crippen molar-refractivity contribution in [2.24, 2.45) is 0 Å². The van der Waals surface area contributed by atoms with Crippen molar-refractivity contribution in [3.05, 3.63) is 34.7 Å². The summed E-state index contributed by atoms with van der Waals surface area (Å²) in [6.07, 6.45) is 1.76. The minimum atomic E-state index is -0.209. The maximum absolute atomic E-state index is 12.5. The molecule has 0 aliphatic carbocycles. The van der Waals surface area contributed by atoms with Crippen molar-refractivity contribution in [1.29, 1.82) is 0 Å². The Morgan fingerprint density at radius 2 is 1.79 bits per heavy atom. The quantitative estimate of drug-likeness (QED) is 0.776. The Kier molecular flexibility index (Phi) is 5.23. The van der Waals surface area contributed by atoms with Crippen LogP contribution in [-0.4, -0.2) is 72.9 Å². The van der Waals surface area contributed by atoms with Gasteiger partial charge in [0.1, 0.15) is 5.75 Å². The minimum absolute atomic E-state index is 0.196. The number of benzene rings is 1. The average molecular weight is 347 g/mol. The lowest BCUT2D eigenvalue weighted by Crippen LogP contribution is -2.49. The van der Waals surface area contributed by atoms with Crippen molar-refractivity contribution >= 4 is 29.0 Å². The van der Waals surface area contributed by atoms with E-state index in [0.717, 1.165) is 49.3 Å². The lowest BCUT2D eigenvalue weighted by Gasteiger charge is -2.33. The van der Waals surface area contributed by atoms with Gasteiger partial charge in [0.2, 0.25) is 0 Å². The van der Waals surface area contributed by atoms with Crippen LogP contribution in [0.2, 0.25) is 0 Å². The van der Waals surface area contributed by atoms with Gasteiger partial charge in [-0.1, -0.05) is 12.1 Å². The average Bonchev–Trinajstić information content (AvgIpc) is 2.85. The molecular formula is C17H21N3O3S. The van der Waals surface area contributed by atoms with Gasteiger partial charge >= 0.3 is 0 Å². The fraction of sp³-hybridized carbons (Fsp3) is 0.412. The Morgan fingerprint density at radius 1 is 1.12 bits per heavy atom. The second-order valence-corrected chi connectivity index (χ2v) is 6.94. The van der Waals surface area contributed by atoms with Crippen molar-refractivity contribution in [2.75, 3.05) is 47.0 Å². The van der Waals surface area contributed by atoms with E-state index >= 15 is 0 Å². The number of hydrogen-bond acceptors (Lipinski definition) is 6. The molecule has 2 saturated heterocycles. The van der Waals surface area contributed by atoms with Crippen LogP contribution in [0, 0.1) is 0 Å². The standard InChI is InChI=1S/C17H21N3O3S/c1-18-7-9-19(10-8-18)12-20-16(21)15(24-17(20)22)11-13-3-5-14(23-2)6-4-13/h3-6,11H,7-10,12H2,1-2H3/b15-11+. The van der Waals surface area contributed by atoms with Crippen LogP contribution in [0.15, 0.2) is 29.2 Å². The number of methoxy groups -OCH3 is 1. The largest absolute Gasteiger partial charge is 0.497 e. The molecule has 6 nitrogen and oxygen atoms in total. The number of rotatable bonds is 4. The summed E-state index contributed by atoms with van der Waals surface area (Å²) < 4.78 is 5.12. The predicted molar refractivity (Wildman–Crippen MR) is 94.7 cm³/mol. The highest BCUT2D eigenvalue weighted by Gasteiger charge is 2.36. The van der Waals surface area contributed by atoms with E-state index in [4.69, 9.17) is 4.74 Å². The SMILES string of the molecule is COc1ccc(/C=C2/SC(=O)N(CN3CCN(C)CC3)C2=O)cc1. The molecule has 1 aromatic carbocycles. The molecule has 0 bridgehead atoms. The van der Waals surface area contributed by atoms with Crippen LogP contribution in [0.1, 0.15) is 5.56 Å². The van der Waals surface area contributed by atoms with Gasteiger partial charge in [-0.15, -0.1) is 0 Å². The maximum Gasteiger partial charge on any atom is 0.294 e. The summed E-state index contributed by atoms with van der Waals surface area (Å²) in [7, 11) is 3.69. The van der Waals surface area contributed by atoms with Crippen molar-refractivity contribution in [1.82, 2.24) is 14.7 Å². The molecule has 0 aromatic heterocycles. The van der Waals surface area contributed by atoms with E-state index in [2.05, 4.69) is 16.8 Å². The molecule has 0 saturated carbocycles. The fourth-order valence-electron chi connectivity index (χ4n) is 2.66. The zero-order chi connectivity index (χ0) is 17.1. The summed E-state index contributed by atoms with van der Waals surface area (Å²) in [5.74, 6) is 0.551. The molecule has 0 radical (unpaired) electrons. The molecule has 24 heavy (non-hydrogen) atoms. The number of hydrogen-bond donors (Lipinski definition) is 0. The van der Waals surface area contributed by atoms with E-state index in [9.17, 15) is 9.59 Å². The Bertz CT molecular complexity index is 652. The van der Waals surface area contributed by atoms with E-state index in [1.165, 1.54) is 4.90 Å². The molecule has 2 fully saturated rings. The number of carbonyl (C=O) groups excluding carboxylic acids is 2. The molecule has 0 spiro atoms. The van der Waals surface area contributed by atoms with Crippen LogP contribution < -0.4 is 4.74 Å². The van der Waals surface area contributed by atoms with Crippen LogP contribution in [0.5, 0.6) is 5.75 Å². The predicted octanol–water partition coefficient (Wildman–Crippen LogP) is 1.94. The van der Waals surface area contributed by atoms with Gasteiger partial charge < -0.3 is 9.64 Å². The monoisotopic (exact) mass is 347 g/mol. The molecule has 0 N–H and O–H groups in total. The molecule has 7 heteroatoms. The highest BCUT2D eigenvalue weighted by molar-refractivity contribution is 8.18. The van der Waals surface area contributed by atoms with Gasteiger partial charge in [0.25, 0.3) is 11.1 Å². The molecular weight excluding hydrogens is 326 g/mol. The molecule has 3 rings (SSSR count). The highest BCUT2D eigenvalue weighted by Crippen LogP contribution is 2.32. The van der Waals surface area contributed by atoms with Crippen molar-refractivity contribution in [2.45, 2.75) is 0 Å². The fourth-order valence-corrected chi connectivity index (χ4v) is 3.49. The Balaban J connectivity index is 1.67. The van der Waals surface area contributed by atoms with Crippen LogP contribution in [0.25, 0.3) is 6.08 Å². The number of imide groups is 1. The summed E-state index contributed by atoms with van der Waals surface area (Å²) in [5.41, 5.74) is 0.876. The second-order valence-electron chi connectivity index (χ2n) is 5.95. The van der Waals surface area contributed by atoms with Gasteiger partial charge in [-0.25, -0.2) is 0 Å². The molecule has 0 atom stereocenters. The lowest BCUT2D eigenvalue weighted by molar-refractivity contribution is -0.124. The lowest BCUT2D eigenvalue weighted by atomic mass is 10.2. The Hall–Kier alpha value is -1.83. The number of thioether (sulfide) groups is 1. The molecule has 0 unspecified atom stereocenters. The number of piperazine rings is 1. The van der Waals surface area contributed by atoms with Crippen LogP contribution in [0.3, 0.4) is 0 Å². The first-order valence-corrected chi connectivity index (χ1v) is 8.69. The van der Waals surface area contributed by atoms with Gasteiger partial charge in [-0.2, -0.15) is 0 Å². The van der Waals surface area contributed by atoms with Crippen LogP contribution >= 0.6 is 11.8 Å². The topological polar surface area (TPSA) is 53.1 Å². The second kappa shape index (κ2) is 7.38. The number of amides is 2. The van der Waals surface area contributed by atoms with Crippen LogP contribution in [0.4, 0.5) is 4.79 Å². The Labute approximate surface area is 146 Å². The van der Waals surface area contributed by atoms with Gasteiger partial charge in [0.05, 0.1) is 18.7 Å². The van der Waals surface area contributed by atoms with Crippen molar-refractivity contribution < 1.29 is 14.3 Å². The van der Waals surface area contributed by atoms with E-state index in [1.54, 1.807) is 13.2 Å². The van der Waals surface area contributed by atoms with E-state index in [0.29, 0.717) is 11.6 Å². The van der Waals surface area contributed by atoms with Crippen molar-refractivity contribution in [3.8, 4) is 5.75 Å². The first kappa shape index (κ1) is 17.0. The highest BCUT2D eigenvalue weighted by atomic mass is 32.2. The van der Waals surface area contributed by atoms with Crippen molar-refractivity contribution in [3.63, 3.8) is 0 Å². The van der Waals surface area contributed by atoms with Crippen LogP contribution in [-0.2, 0) is 4.79 Å². The first-order valence-electron chi connectivity index (χ1n) is 7.87. The number of likely N-dealkylation sites (N-methyl/N-ethyl adjacent to an activating group) is 1. The van der Waals surface area contributed by atoms with E-state index in [1.807, 2.05) is 24.3 Å². The third-order valence-corrected chi connectivity index (χ3v) is 5.13. The third kappa shape index (κ3) is 3.80. The molecule has 128 valence electrons. The third-order valence-electron chi connectivity index (χ3n) is 4.22. The normalized spacial score (nSPS) is 21.8. The minimum Gasteiger partial charge on any atom is -0.497 e. The number of nitrogens with zero attached hydrogens (tertiary/aromatic N) is 3. The number of carbonyl (C=O) groups is 2. The molecule has 2 amide bonds. The summed E-state index contributed by atoms with van der Waals surface area (Å²) in [6, 6.07) is 7.40. The molecule has 2 heterocycles. The van der Waals surface area contributed by atoms with Gasteiger partial charge in [-0.3, -0.25) is 19.4 Å². The van der Waals surface area contributed by atoms with Gasteiger partial charge in [0, 0.05) is 26.2 Å². The van der Waals surface area contributed by atoms with Gasteiger partial charge in [0.15, 0.2) is 0 Å². The molecule has 1 aromatic rings. The summed E-state index contributed by atoms with van der Waals surface area (Å²) >= 11 is 1.01. The van der Waals surface area contributed by atoms with Gasteiger partial charge in [-0.05, 0) is 42.6 Å². The van der Waals surface area contributed by atoms with E-state index in [-0.39, 0.29) is 11.1 Å². The van der Waals surface area contributed by atoms with E-state index < -0.39 is 0 Å². The maximum atomic E-state index is 12.5. The first-order chi connectivity index (χ1) is 11.6. The molecule has 2 aliphatic heterocycles. The zero-order valence-electron chi connectivity index (χ0n) is 13.9. The summed E-state index contributed by atoms with van der Waals surface area (Å²) in [4.78, 5) is 30.9. The molecule has 2 aliphatic rings. The summed E-state index contributed by atoms with van der Waals surface area (Å²) in [5, 5.41) is -0.196. The zero-order valence-corrected chi connectivity index (χ0v) is 14.7. The smallest absolute Gasteiger partial charge is 0.294 e. The summed E-state index contributed by atoms with van der Waals surface area (Å²) in [6.45, 7) is 4.03.